The quantitative estimate of drug-likeness (QED) is 0.731. The van der Waals surface area contributed by atoms with Gasteiger partial charge in [0, 0.05) is 17.8 Å². The zero-order valence-electron chi connectivity index (χ0n) is 14.8. The maximum absolute atomic E-state index is 12.2. The van der Waals surface area contributed by atoms with E-state index in [2.05, 4.69) is 24.3 Å². The number of nitrogens with zero attached hydrogens (tertiary/aromatic N) is 2. The lowest BCUT2D eigenvalue weighted by Crippen LogP contribution is -2.41. The second kappa shape index (κ2) is 8.70. The van der Waals surface area contributed by atoms with Crippen molar-refractivity contribution >= 4 is 11.9 Å². The first-order valence-electron chi connectivity index (χ1n) is 8.31. The topological polar surface area (TPSA) is 84.2 Å². The highest BCUT2D eigenvalue weighted by Gasteiger charge is 2.21. The number of aliphatic carboxylic acids is 1. The molecule has 1 aromatic rings. The number of carbonyl (C=O) groups is 2. The van der Waals surface area contributed by atoms with Crippen LogP contribution in [-0.2, 0) is 22.6 Å². The molecule has 0 aliphatic heterocycles. The second-order valence-electron chi connectivity index (χ2n) is 6.50. The smallest absolute Gasteiger partial charge is 0.326 e. The summed E-state index contributed by atoms with van der Waals surface area (Å²) in [5, 5.41) is 16.3. The third-order valence-corrected chi connectivity index (χ3v) is 3.89. The monoisotopic (exact) mass is 323 g/mol. The van der Waals surface area contributed by atoms with Crippen LogP contribution in [-0.4, -0.2) is 32.8 Å². The van der Waals surface area contributed by atoms with E-state index in [9.17, 15) is 14.7 Å². The summed E-state index contributed by atoms with van der Waals surface area (Å²) < 4.78 is 1.92. The number of carboxylic acids is 1. The highest BCUT2D eigenvalue weighted by atomic mass is 16.4. The second-order valence-corrected chi connectivity index (χ2v) is 6.50. The van der Waals surface area contributed by atoms with Crippen molar-refractivity contribution in [2.75, 3.05) is 0 Å². The number of unbranched alkanes of at least 4 members (excludes halogenated alkanes) is 1. The van der Waals surface area contributed by atoms with Crippen LogP contribution < -0.4 is 5.32 Å². The molecule has 0 aromatic carbocycles. The van der Waals surface area contributed by atoms with Crippen LogP contribution >= 0.6 is 0 Å². The summed E-state index contributed by atoms with van der Waals surface area (Å²) in [6, 6.07) is -0.811. The molecule has 1 atom stereocenters. The summed E-state index contributed by atoms with van der Waals surface area (Å²) in [7, 11) is 0. The SMILES string of the molecule is CCCC[C@H](NC(=O)Cc1c(C)nn(CC(C)C)c1C)C(=O)O. The average Bonchev–Trinajstić information content (AvgIpc) is 2.70. The van der Waals surface area contributed by atoms with Crippen molar-refractivity contribution in [2.45, 2.75) is 72.9 Å². The fraction of sp³-hybridized carbons (Fsp3) is 0.706. The molecular weight excluding hydrogens is 294 g/mol. The third-order valence-electron chi connectivity index (χ3n) is 3.89. The molecule has 1 aromatic heterocycles. The van der Waals surface area contributed by atoms with Gasteiger partial charge in [-0.05, 0) is 26.2 Å². The van der Waals surface area contributed by atoms with E-state index in [0.717, 1.165) is 36.3 Å². The van der Waals surface area contributed by atoms with E-state index < -0.39 is 12.0 Å². The van der Waals surface area contributed by atoms with Gasteiger partial charge in [-0.25, -0.2) is 4.79 Å². The number of carboxylic acid groups (broad SMARTS) is 1. The van der Waals surface area contributed by atoms with Gasteiger partial charge >= 0.3 is 5.97 Å². The number of amides is 1. The molecule has 0 aliphatic carbocycles. The van der Waals surface area contributed by atoms with Crippen LogP contribution in [0.2, 0.25) is 0 Å². The minimum Gasteiger partial charge on any atom is -0.480 e. The summed E-state index contributed by atoms with van der Waals surface area (Å²) in [5.41, 5.74) is 2.70. The number of aryl methyl sites for hydroxylation is 1. The van der Waals surface area contributed by atoms with E-state index in [1.807, 2.05) is 25.5 Å². The summed E-state index contributed by atoms with van der Waals surface area (Å²) in [4.78, 5) is 23.4. The Bertz CT molecular complexity index is 550. The molecule has 0 bridgehead atoms. The first-order valence-corrected chi connectivity index (χ1v) is 8.31. The van der Waals surface area contributed by atoms with Gasteiger partial charge in [-0.2, -0.15) is 5.10 Å². The Morgan fingerprint density at radius 2 is 1.96 bits per heavy atom. The number of hydrogen-bond donors (Lipinski definition) is 2. The number of rotatable bonds is 9. The van der Waals surface area contributed by atoms with Gasteiger partial charge in [0.2, 0.25) is 5.91 Å². The predicted molar refractivity (Wildman–Crippen MR) is 89.3 cm³/mol. The van der Waals surface area contributed by atoms with Crippen molar-refractivity contribution in [3.05, 3.63) is 17.0 Å². The van der Waals surface area contributed by atoms with Crippen LogP contribution in [0.15, 0.2) is 0 Å². The average molecular weight is 323 g/mol. The van der Waals surface area contributed by atoms with Crippen LogP contribution in [0.5, 0.6) is 0 Å². The van der Waals surface area contributed by atoms with Gasteiger partial charge in [-0.3, -0.25) is 9.48 Å². The molecule has 0 fully saturated rings. The highest BCUT2D eigenvalue weighted by molar-refractivity contribution is 5.85. The maximum atomic E-state index is 12.2. The van der Waals surface area contributed by atoms with E-state index in [-0.39, 0.29) is 12.3 Å². The van der Waals surface area contributed by atoms with Gasteiger partial charge in [0.1, 0.15) is 6.04 Å². The Morgan fingerprint density at radius 3 is 2.48 bits per heavy atom. The third kappa shape index (κ3) is 5.69. The molecule has 23 heavy (non-hydrogen) atoms. The Morgan fingerprint density at radius 1 is 1.30 bits per heavy atom. The van der Waals surface area contributed by atoms with Gasteiger partial charge in [-0.1, -0.05) is 33.6 Å². The van der Waals surface area contributed by atoms with E-state index in [4.69, 9.17) is 0 Å². The number of aromatic nitrogens is 2. The molecule has 1 amide bonds. The molecule has 1 heterocycles. The summed E-state index contributed by atoms with van der Waals surface area (Å²) >= 11 is 0. The van der Waals surface area contributed by atoms with Crippen LogP contribution in [0.1, 0.15) is 57.0 Å². The summed E-state index contributed by atoms with van der Waals surface area (Å²) in [5.74, 6) is -0.764. The van der Waals surface area contributed by atoms with Crippen molar-refractivity contribution in [2.24, 2.45) is 5.92 Å². The van der Waals surface area contributed by atoms with Crippen LogP contribution in [0.3, 0.4) is 0 Å². The molecular formula is C17H29N3O3. The van der Waals surface area contributed by atoms with E-state index in [1.54, 1.807) is 0 Å². The molecule has 6 nitrogen and oxygen atoms in total. The minimum atomic E-state index is -0.976. The van der Waals surface area contributed by atoms with Crippen LogP contribution in [0, 0.1) is 19.8 Å². The Kier molecular flexibility index (Phi) is 7.26. The summed E-state index contributed by atoms with van der Waals surface area (Å²) in [6.07, 6.45) is 2.31. The van der Waals surface area contributed by atoms with Gasteiger partial charge in [0.25, 0.3) is 0 Å². The van der Waals surface area contributed by atoms with Crippen molar-refractivity contribution < 1.29 is 14.7 Å². The molecule has 0 spiro atoms. The van der Waals surface area contributed by atoms with Crippen molar-refractivity contribution in [3.8, 4) is 0 Å². The minimum absolute atomic E-state index is 0.172. The Balaban J connectivity index is 2.76. The number of hydrogen-bond acceptors (Lipinski definition) is 3. The molecule has 0 unspecified atom stereocenters. The lowest BCUT2D eigenvalue weighted by molar-refractivity contribution is -0.142. The Labute approximate surface area is 138 Å². The van der Waals surface area contributed by atoms with E-state index >= 15 is 0 Å². The standard InChI is InChI=1S/C17H29N3O3/c1-6-7-8-15(17(22)23)18-16(21)9-14-12(4)19-20(13(14)5)10-11(2)3/h11,15H,6-10H2,1-5H3,(H,18,21)(H,22,23)/t15-/m0/s1. The van der Waals surface area contributed by atoms with E-state index in [1.165, 1.54) is 0 Å². The normalized spacial score (nSPS) is 12.4. The zero-order valence-corrected chi connectivity index (χ0v) is 14.8. The van der Waals surface area contributed by atoms with Crippen LogP contribution in [0.25, 0.3) is 0 Å². The molecule has 0 radical (unpaired) electrons. The number of nitrogens with one attached hydrogen (secondary N) is 1. The summed E-state index contributed by atoms with van der Waals surface area (Å²) in [6.45, 7) is 10.9. The van der Waals surface area contributed by atoms with Gasteiger partial charge < -0.3 is 10.4 Å². The molecule has 0 saturated heterocycles. The maximum Gasteiger partial charge on any atom is 0.326 e. The van der Waals surface area contributed by atoms with Crippen LogP contribution in [0.4, 0.5) is 0 Å². The molecule has 2 N–H and O–H groups in total. The molecule has 0 aliphatic rings. The predicted octanol–water partition coefficient (Wildman–Crippen LogP) is 2.46. The van der Waals surface area contributed by atoms with Gasteiger partial charge in [-0.15, -0.1) is 0 Å². The zero-order chi connectivity index (χ0) is 17.6. The number of carbonyl (C=O) groups excluding carboxylic acids is 1. The lowest BCUT2D eigenvalue weighted by atomic mass is 10.1. The first kappa shape index (κ1) is 19.2. The highest BCUT2D eigenvalue weighted by Crippen LogP contribution is 2.15. The molecule has 0 saturated carbocycles. The van der Waals surface area contributed by atoms with Crippen molar-refractivity contribution in [1.82, 2.24) is 15.1 Å². The van der Waals surface area contributed by atoms with Gasteiger partial charge in [0.15, 0.2) is 0 Å². The Hall–Kier alpha value is -1.85. The molecule has 130 valence electrons. The first-order chi connectivity index (χ1) is 10.8. The lowest BCUT2D eigenvalue weighted by Gasteiger charge is -2.14. The van der Waals surface area contributed by atoms with Gasteiger partial charge in [0.05, 0.1) is 12.1 Å². The fourth-order valence-electron chi connectivity index (χ4n) is 2.59. The van der Waals surface area contributed by atoms with Crippen molar-refractivity contribution in [1.29, 1.82) is 0 Å². The van der Waals surface area contributed by atoms with Crippen molar-refractivity contribution in [3.63, 3.8) is 0 Å². The van der Waals surface area contributed by atoms with E-state index in [0.29, 0.717) is 12.3 Å². The molecule has 1 rings (SSSR count). The largest absolute Gasteiger partial charge is 0.480 e. The fourth-order valence-corrected chi connectivity index (χ4v) is 2.59. The molecule has 6 heteroatoms.